The minimum atomic E-state index is -0.795. The molecule has 0 radical (unpaired) electrons. The lowest BCUT2D eigenvalue weighted by Gasteiger charge is -2.24. The molecule has 5 nitrogen and oxygen atoms in total. The molecule has 0 amide bonds. The number of hydrogen-bond acceptors (Lipinski definition) is 5. The maximum atomic E-state index is 14.3. The van der Waals surface area contributed by atoms with E-state index in [0.29, 0.717) is 4.47 Å². The predicted octanol–water partition coefficient (Wildman–Crippen LogP) is 3.08. The van der Waals surface area contributed by atoms with Crippen molar-refractivity contribution in [3.63, 3.8) is 0 Å². The number of hydrogen-bond donors (Lipinski definition) is 0. The lowest BCUT2D eigenvalue weighted by Crippen LogP contribution is -2.27. The van der Waals surface area contributed by atoms with E-state index in [1.54, 1.807) is 18.2 Å². The number of halogens is 2. The van der Waals surface area contributed by atoms with Crippen LogP contribution in [-0.4, -0.2) is 26.2 Å². The first-order valence-electron chi connectivity index (χ1n) is 6.50. The first-order valence-corrected chi connectivity index (χ1v) is 7.29. The minimum absolute atomic E-state index is 0.0421. The minimum Gasteiger partial charge on any atom is -0.465 e. The van der Waals surface area contributed by atoms with E-state index in [0.717, 1.165) is 0 Å². The Morgan fingerprint density at radius 1 is 1.13 bits per heavy atom. The van der Waals surface area contributed by atoms with Crippen LogP contribution in [0.1, 0.15) is 0 Å². The molecule has 0 saturated heterocycles. The summed E-state index contributed by atoms with van der Waals surface area (Å²) in [5, 5.41) is 0. The van der Waals surface area contributed by atoms with E-state index in [1.807, 2.05) is 0 Å². The zero-order valence-corrected chi connectivity index (χ0v) is 14.0. The molecule has 1 aromatic rings. The van der Waals surface area contributed by atoms with E-state index in [2.05, 4.69) is 15.9 Å². The Labute approximate surface area is 140 Å². The third-order valence-corrected chi connectivity index (χ3v) is 3.71. The van der Waals surface area contributed by atoms with Gasteiger partial charge in [0.05, 0.1) is 25.5 Å². The number of benzene rings is 1. The molecule has 1 aliphatic heterocycles. The molecule has 0 aliphatic carbocycles. The monoisotopic (exact) mass is 381 g/mol. The SMILES string of the molecule is COC(=O)C1=C(C(=O)OC)N(c2c(F)cccc2Br)C=CC=C1. The van der Waals surface area contributed by atoms with Crippen molar-refractivity contribution < 1.29 is 23.5 Å². The number of carbonyl (C=O) groups excluding carboxylic acids is 2. The van der Waals surface area contributed by atoms with Crippen LogP contribution in [0.4, 0.5) is 10.1 Å². The highest BCUT2D eigenvalue weighted by atomic mass is 79.9. The van der Waals surface area contributed by atoms with Crippen molar-refractivity contribution in [3.8, 4) is 0 Å². The van der Waals surface area contributed by atoms with Crippen molar-refractivity contribution in [1.29, 1.82) is 0 Å². The van der Waals surface area contributed by atoms with Crippen LogP contribution in [-0.2, 0) is 19.1 Å². The zero-order chi connectivity index (χ0) is 17.0. The van der Waals surface area contributed by atoms with Crippen LogP contribution in [0, 0.1) is 5.82 Å². The van der Waals surface area contributed by atoms with E-state index < -0.39 is 17.8 Å². The largest absolute Gasteiger partial charge is 0.465 e. The molecule has 0 spiro atoms. The van der Waals surface area contributed by atoms with Crippen LogP contribution in [0.5, 0.6) is 0 Å². The summed E-state index contributed by atoms with van der Waals surface area (Å²) in [4.78, 5) is 25.5. The lowest BCUT2D eigenvalue weighted by atomic mass is 10.1. The number of esters is 2. The molecule has 1 aliphatic rings. The normalized spacial score (nSPS) is 13.8. The van der Waals surface area contributed by atoms with Gasteiger partial charge in [-0.25, -0.2) is 14.0 Å². The molecule has 2 rings (SSSR count). The zero-order valence-electron chi connectivity index (χ0n) is 12.4. The Balaban J connectivity index is 2.74. The summed E-state index contributed by atoms with van der Waals surface area (Å²) in [6, 6.07) is 4.39. The highest BCUT2D eigenvalue weighted by molar-refractivity contribution is 9.10. The van der Waals surface area contributed by atoms with Crippen LogP contribution in [0.2, 0.25) is 0 Å². The van der Waals surface area contributed by atoms with Crippen molar-refractivity contribution in [3.05, 3.63) is 64.2 Å². The van der Waals surface area contributed by atoms with E-state index >= 15 is 0 Å². The van der Waals surface area contributed by atoms with E-state index in [9.17, 15) is 14.0 Å². The van der Waals surface area contributed by atoms with Crippen LogP contribution >= 0.6 is 15.9 Å². The number of rotatable bonds is 3. The molecule has 0 unspecified atom stereocenters. The van der Waals surface area contributed by atoms with Gasteiger partial charge in [0.15, 0.2) is 0 Å². The van der Waals surface area contributed by atoms with Gasteiger partial charge in [-0.2, -0.15) is 0 Å². The van der Waals surface area contributed by atoms with Gasteiger partial charge in [0, 0.05) is 10.7 Å². The number of allylic oxidation sites excluding steroid dienone is 2. The molecule has 0 atom stereocenters. The van der Waals surface area contributed by atoms with Gasteiger partial charge >= 0.3 is 11.9 Å². The fourth-order valence-electron chi connectivity index (χ4n) is 2.06. The van der Waals surface area contributed by atoms with Crippen molar-refractivity contribution in [2.24, 2.45) is 0 Å². The average Bonchev–Trinajstić information content (AvgIpc) is 2.76. The standard InChI is InChI=1S/C16H13BrFNO4/c1-22-15(20)10-6-3-4-9-19(13(10)16(21)23-2)14-11(17)7-5-8-12(14)18/h3-9H,1-2H3. The Kier molecular flexibility index (Phi) is 5.33. The number of ether oxygens (including phenoxy) is 2. The van der Waals surface area contributed by atoms with E-state index in [-0.39, 0.29) is 17.0 Å². The molecule has 23 heavy (non-hydrogen) atoms. The molecule has 0 N–H and O–H groups in total. The van der Waals surface area contributed by atoms with E-state index in [4.69, 9.17) is 9.47 Å². The van der Waals surface area contributed by atoms with Gasteiger partial charge in [-0.05, 0) is 40.2 Å². The molecule has 0 fully saturated rings. The number of anilines is 1. The summed E-state index contributed by atoms with van der Waals surface area (Å²) in [5.74, 6) is -2.10. The molecule has 1 aromatic carbocycles. The fraction of sp³-hybridized carbons (Fsp3) is 0.125. The molecule has 7 heteroatoms. The van der Waals surface area contributed by atoms with Crippen LogP contribution in [0.25, 0.3) is 0 Å². The Hall–Kier alpha value is -2.41. The topological polar surface area (TPSA) is 55.8 Å². The molecule has 0 aromatic heterocycles. The maximum Gasteiger partial charge on any atom is 0.355 e. The summed E-state index contributed by atoms with van der Waals surface area (Å²) in [5.41, 5.74) is -0.107. The van der Waals surface area contributed by atoms with Gasteiger partial charge in [0.1, 0.15) is 11.5 Å². The van der Waals surface area contributed by atoms with Gasteiger partial charge in [-0.3, -0.25) is 0 Å². The van der Waals surface area contributed by atoms with Gasteiger partial charge < -0.3 is 14.4 Å². The summed E-state index contributed by atoms with van der Waals surface area (Å²) in [6.45, 7) is 0. The number of methoxy groups -OCH3 is 2. The highest BCUT2D eigenvalue weighted by Gasteiger charge is 2.29. The Morgan fingerprint density at radius 2 is 1.83 bits per heavy atom. The Morgan fingerprint density at radius 3 is 2.43 bits per heavy atom. The second kappa shape index (κ2) is 7.23. The summed E-state index contributed by atoms with van der Waals surface area (Å²) >= 11 is 3.25. The summed E-state index contributed by atoms with van der Waals surface area (Å²) < 4.78 is 24.2. The molecular formula is C16H13BrFNO4. The third kappa shape index (κ3) is 3.34. The number of nitrogens with zero attached hydrogens (tertiary/aromatic N) is 1. The van der Waals surface area contributed by atoms with Crippen molar-refractivity contribution >= 4 is 33.6 Å². The lowest BCUT2D eigenvalue weighted by molar-refractivity contribution is -0.139. The summed E-state index contributed by atoms with van der Waals surface area (Å²) in [7, 11) is 2.37. The smallest absolute Gasteiger partial charge is 0.355 e. The second-order valence-corrected chi connectivity index (χ2v) is 5.24. The van der Waals surface area contributed by atoms with Gasteiger partial charge in [0.25, 0.3) is 0 Å². The van der Waals surface area contributed by atoms with Crippen LogP contribution in [0.3, 0.4) is 0 Å². The van der Waals surface area contributed by atoms with Crippen molar-refractivity contribution in [2.75, 3.05) is 19.1 Å². The summed E-state index contributed by atoms with van der Waals surface area (Å²) in [6.07, 6.45) is 5.98. The fourth-order valence-corrected chi connectivity index (χ4v) is 2.59. The average molecular weight is 382 g/mol. The van der Waals surface area contributed by atoms with E-state index in [1.165, 1.54) is 43.5 Å². The quantitative estimate of drug-likeness (QED) is 0.753. The first kappa shape index (κ1) is 17.0. The van der Waals surface area contributed by atoms with Gasteiger partial charge in [-0.15, -0.1) is 0 Å². The second-order valence-electron chi connectivity index (χ2n) is 4.39. The van der Waals surface area contributed by atoms with Gasteiger partial charge in [-0.1, -0.05) is 12.1 Å². The molecular weight excluding hydrogens is 369 g/mol. The highest BCUT2D eigenvalue weighted by Crippen LogP contribution is 2.34. The molecule has 1 heterocycles. The van der Waals surface area contributed by atoms with Crippen LogP contribution < -0.4 is 4.90 Å². The van der Waals surface area contributed by atoms with Crippen molar-refractivity contribution in [1.82, 2.24) is 0 Å². The Bertz CT molecular complexity index is 719. The number of carbonyl (C=O) groups is 2. The third-order valence-electron chi connectivity index (χ3n) is 3.07. The molecule has 0 saturated carbocycles. The van der Waals surface area contributed by atoms with Gasteiger partial charge in [0.2, 0.25) is 0 Å². The maximum absolute atomic E-state index is 14.3. The van der Waals surface area contributed by atoms with Crippen LogP contribution in [0.15, 0.2) is 58.4 Å². The first-order chi connectivity index (χ1) is 11.0. The molecule has 0 bridgehead atoms. The molecule has 120 valence electrons. The number of para-hydroxylation sites is 1. The van der Waals surface area contributed by atoms with Crippen molar-refractivity contribution in [2.45, 2.75) is 0 Å². The predicted molar refractivity (Wildman–Crippen MR) is 85.9 cm³/mol.